The van der Waals surface area contributed by atoms with Crippen LogP contribution in [-0.2, 0) is 4.79 Å². The van der Waals surface area contributed by atoms with E-state index in [1.54, 1.807) is 12.4 Å². The van der Waals surface area contributed by atoms with Gasteiger partial charge in [-0.05, 0) is 42.8 Å². The summed E-state index contributed by atoms with van der Waals surface area (Å²) < 4.78 is 3.47. The van der Waals surface area contributed by atoms with Crippen molar-refractivity contribution in [3.63, 3.8) is 0 Å². The van der Waals surface area contributed by atoms with Gasteiger partial charge in [-0.15, -0.1) is 10.2 Å². The molecule has 1 amide bonds. The normalized spacial score (nSPS) is 10.7. The fourth-order valence-corrected chi connectivity index (χ4v) is 4.44. The quantitative estimate of drug-likeness (QED) is 0.334. The van der Waals surface area contributed by atoms with Crippen molar-refractivity contribution in [2.45, 2.75) is 12.1 Å². The molecule has 0 aliphatic carbocycles. The highest BCUT2D eigenvalue weighted by molar-refractivity contribution is 7.99. The first-order chi connectivity index (χ1) is 17.7. The van der Waals surface area contributed by atoms with Crippen LogP contribution in [0, 0.1) is 18.3 Å². The van der Waals surface area contributed by atoms with Gasteiger partial charge in [0.1, 0.15) is 11.6 Å². The van der Waals surface area contributed by atoms with Crippen LogP contribution in [0.5, 0.6) is 0 Å². The van der Waals surface area contributed by atoms with Gasteiger partial charge in [-0.25, -0.2) is 4.68 Å². The average molecular weight is 493 g/mol. The van der Waals surface area contributed by atoms with E-state index >= 15 is 0 Å². The number of benzene rings is 2. The molecule has 1 N–H and O–H groups in total. The Morgan fingerprint density at radius 1 is 1.03 bits per heavy atom. The number of thioether (sulfide) groups is 1. The van der Waals surface area contributed by atoms with Crippen LogP contribution in [0.2, 0.25) is 0 Å². The SMILES string of the molecule is Cc1ccccc1-n1c(SCC(=O)Nc2c(C#N)cnn2-c2ccccc2)nnc1-c1cccnc1. The molecule has 0 aliphatic rings. The van der Waals surface area contributed by atoms with Gasteiger partial charge in [-0.3, -0.25) is 14.3 Å². The molecule has 0 saturated carbocycles. The van der Waals surface area contributed by atoms with E-state index in [1.807, 2.05) is 78.2 Å². The van der Waals surface area contributed by atoms with E-state index < -0.39 is 0 Å². The minimum Gasteiger partial charge on any atom is -0.309 e. The molecule has 0 aliphatic heterocycles. The summed E-state index contributed by atoms with van der Waals surface area (Å²) in [6.45, 7) is 2.01. The monoisotopic (exact) mass is 492 g/mol. The summed E-state index contributed by atoms with van der Waals surface area (Å²) in [4.78, 5) is 17.2. The summed E-state index contributed by atoms with van der Waals surface area (Å²) in [7, 11) is 0. The summed E-state index contributed by atoms with van der Waals surface area (Å²) in [6, 6.07) is 23.1. The Bertz CT molecular complexity index is 1550. The van der Waals surface area contributed by atoms with E-state index in [9.17, 15) is 10.1 Å². The molecule has 0 spiro atoms. The number of nitriles is 1. The maximum absolute atomic E-state index is 13.0. The van der Waals surface area contributed by atoms with E-state index in [4.69, 9.17) is 0 Å². The summed E-state index contributed by atoms with van der Waals surface area (Å²) in [5.74, 6) is 0.721. The molecular weight excluding hydrogens is 472 g/mol. The number of aromatic nitrogens is 6. The Hall–Kier alpha value is -4.75. The number of para-hydroxylation sites is 2. The molecule has 2 aromatic carbocycles. The van der Waals surface area contributed by atoms with Crippen molar-refractivity contribution in [2.24, 2.45) is 0 Å². The molecule has 9 nitrogen and oxygen atoms in total. The molecule has 3 heterocycles. The predicted octanol–water partition coefficient (Wildman–Crippen LogP) is 4.43. The Morgan fingerprint density at radius 2 is 1.83 bits per heavy atom. The molecule has 10 heteroatoms. The van der Waals surface area contributed by atoms with E-state index in [0.717, 1.165) is 22.5 Å². The van der Waals surface area contributed by atoms with Gasteiger partial charge in [0.25, 0.3) is 0 Å². The van der Waals surface area contributed by atoms with E-state index in [2.05, 4.69) is 31.7 Å². The van der Waals surface area contributed by atoms with Gasteiger partial charge in [-0.2, -0.15) is 10.4 Å². The van der Waals surface area contributed by atoms with Crippen LogP contribution in [0.25, 0.3) is 22.8 Å². The van der Waals surface area contributed by atoms with Gasteiger partial charge in [0.2, 0.25) is 5.91 Å². The topological polar surface area (TPSA) is 114 Å². The van der Waals surface area contributed by atoms with Crippen molar-refractivity contribution in [3.05, 3.63) is 96.4 Å². The van der Waals surface area contributed by atoms with Gasteiger partial charge < -0.3 is 5.32 Å². The lowest BCUT2D eigenvalue weighted by molar-refractivity contribution is -0.113. The Kier molecular flexibility index (Phi) is 6.55. The Balaban J connectivity index is 1.42. The first kappa shape index (κ1) is 23.0. The Morgan fingerprint density at radius 3 is 2.58 bits per heavy atom. The molecule has 0 saturated heterocycles. The largest absolute Gasteiger partial charge is 0.309 e. The first-order valence-corrected chi connectivity index (χ1v) is 12.0. The molecule has 5 aromatic rings. The molecule has 176 valence electrons. The van der Waals surface area contributed by atoms with Crippen molar-refractivity contribution < 1.29 is 4.79 Å². The molecule has 3 aromatic heterocycles. The summed E-state index contributed by atoms with van der Waals surface area (Å²) in [6.07, 6.45) is 4.87. The number of carbonyl (C=O) groups is 1. The van der Waals surface area contributed by atoms with Gasteiger partial charge in [0, 0.05) is 18.0 Å². The zero-order chi connectivity index (χ0) is 24.9. The lowest BCUT2D eigenvalue weighted by atomic mass is 10.2. The molecule has 0 bridgehead atoms. The van der Waals surface area contributed by atoms with Crippen LogP contribution in [-0.4, -0.2) is 41.2 Å². The number of nitrogens with zero attached hydrogens (tertiary/aromatic N) is 7. The number of anilines is 1. The van der Waals surface area contributed by atoms with Crippen molar-refractivity contribution >= 4 is 23.5 Å². The fourth-order valence-electron chi connectivity index (χ4n) is 3.69. The van der Waals surface area contributed by atoms with Crippen molar-refractivity contribution in [2.75, 3.05) is 11.1 Å². The molecule has 0 radical (unpaired) electrons. The van der Waals surface area contributed by atoms with Crippen LogP contribution >= 0.6 is 11.8 Å². The molecular formula is C26H20N8OS. The number of amides is 1. The zero-order valence-corrected chi connectivity index (χ0v) is 20.1. The van der Waals surface area contributed by atoms with Crippen LogP contribution in [0.15, 0.2) is 90.5 Å². The standard InChI is InChI=1S/C26H20N8OS/c1-18-8-5-6-12-22(18)33-25(19-9-7-13-28-15-19)31-32-26(33)36-17-23(35)30-24-20(14-27)16-29-34(24)21-10-3-2-4-11-21/h2-13,15-16H,17H2,1H3,(H,30,35). The maximum atomic E-state index is 13.0. The third kappa shape index (κ3) is 4.60. The predicted molar refractivity (Wildman–Crippen MR) is 137 cm³/mol. The second kappa shape index (κ2) is 10.2. The summed E-state index contributed by atoms with van der Waals surface area (Å²) >= 11 is 1.26. The number of hydrogen-bond acceptors (Lipinski definition) is 7. The van der Waals surface area contributed by atoms with Crippen LogP contribution in [0.4, 0.5) is 5.82 Å². The van der Waals surface area contributed by atoms with Crippen LogP contribution in [0.1, 0.15) is 11.1 Å². The van der Waals surface area contributed by atoms with Gasteiger partial charge in [0.15, 0.2) is 16.8 Å². The first-order valence-electron chi connectivity index (χ1n) is 11.0. The minimum absolute atomic E-state index is 0.0574. The fraction of sp³-hybridized carbons (Fsp3) is 0.0769. The highest BCUT2D eigenvalue weighted by Crippen LogP contribution is 2.29. The second-order valence-electron chi connectivity index (χ2n) is 7.77. The number of rotatable bonds is 7. The van der Waals surface area contributed by atoms with Gasteiger partial charge in [0.05, 0.1) is 23.3 Å². The molecule has 5 rings (SSSR count). The lowest BCUT2D eigenvalue weighted by Gasteiger charge is -2.13. The minimum atomic E-state index is -0.295. The molecule has 0 fully saturated rings. The number of nitrogens with one attached hydrogen (secondary N) is 1. The summed E-state index contributed by atoms with van der Waals surface area (Å²) in [5, 5.41) is 26.0. The number of carbonyl (C=O) groups excluding carboxylic acids is 1. The van der Waals surface area contributed by atoms with E-state index in [-0.39, 0.29) is 17.2 Å². The molecule has 0 unspecified atom stereocenters. The molecule has 36 heavy (non-hydrogen) atoms. The smallest absolute Gasteiger partial charge is 0.236 e. The number of aryl methyl sites for hydroxylation is 1. The number of pyridine rings is 1. The number of hydrogen-bond donors (Lipinski definition) is 1. The highest BCUT2D eigenvalue weighted by Gasteiger charge is 2.20. The maximum Gasteiger partial charge on any atom is 0.236 e. The third-order valence-corrected chi connectivity index (χ3v) is 6.32. The summed E-state index contributed by atoms with van der Waals surface area (Å²) in [5.41, 5.74) is 3.79. The lowest BCUT2D eigenvalue weighted by Crippen LogP contribution is -2.18. The average Bonchev–Trinajstić information content (AvgIpc) is 3.53. The van der Waals surface area contributed by atoms with Crippen LogP contribution < -0.4 is 5.32 Å². The van der Waals surface area contributed by atoms with Crippen LogP contribution in [0.3, 0.4) is 0 Å². The van der Waals surface area contributed by atoms with E-state index in [1.165, 1.54) is 22.6 Å². The van der Waals surface area contributed by atoms with Gasteiger partial charge >= 0.3 is 0 Å². The Labute approximate surface area is 211 Å². The van der Waals surface area contributed by atoms with Crippen molar-refractivity contribution in [1.29, 1.82) is 5.26 Å². The zero-order valence-electron chi connectivity index (χ0n) is 19.2. The second-order valence-corrected chi connectivity index (χ2v) is 8.72. The van der Waals surface area contributed by atoms with Gasteiger partial charge in [-0.1, -0.05) is 48.2 Å². The third-order valence-electron chi connectivity index (χ3n) is 5.39. The van der Waals surface area contributed by atoms with Crippen molar-refractivity contribution in [1.82, 2.24) is 29.5 Å². The highest BCUT2D eigenvalue weighted by atomic mass is 32.2. The van der Waals surface area contributed by atoms with E-state index in [0.29, 0.717) is 16.8 Å². The molecule has 0 atom stereocenters. The van der Waals surface area contributed by atoms with Crippen molar-refractivity contribution in [3.8, 4) is 28.8 Å².